The van der Waals surface area contributed by atoms with Crippen molar-refractivity contribution in [3.05, 3.63) is 40.9 Å². The normalized spacial score (nSPS) is 24.0. The van der Waals surface area contributed by atoms with Gasteiger partial charge in [0, 0.05) is 5.69 Å². The van der Waals surface area contributed by atoms with Crippen molar-refractivity contribution in [3.63, 3.8) is 0 Å². The Morgan fingerprint density at radius 1 is 1.27 bits per heavy atom. The number of halogens is 4. The molecule has 120 valence electrons. The summed E-state index contributed by atoms with van der Waals surface area (Å²) < 4.78 is 37.5. The van der Waals surface area contributed by atoms with Gasteiger partial charge in [-0.1, -0.05) is 49.2 Å². The fourth-order valence-corrected chi connectivity index (χ4v) is 2.73. The molecule has 1 aliphatic rings. The first-order valence-electron chi connectivity index (χ1n) is 6.85. The van der Waals surface area contributed by atoms with Crippen LogP contribution in [0.15, 0.2) is 35.4 Å². The van der Waals surface area contributed by atoms with Gasteiger partial charge in [0.05, 0.1) is 5.92 Å². The van der Waals surface area contributed by atoms with Crippen molar-refractivity contribution in [2.75, 3.05) is 5.32 Å². The third-order valence-electron chi connectivity index (χ3n) is 4.11. The largest absolute Gasteiger partial charge is 0.426 e. The van der Waals surface area contributed by atoms with E-state index >= 15 is 0 Å². The first-order chi connectivity index (χ1) is 10.0. The molecule has 0 unspecified atom stereocenters. The second-order valence-corrected chi connectivity index (χ2v) is 6.60. The number of allylic oxidation sites excluding steroid dienone is 2. The summed E-state index contributed by atoms with van der Waals surface area (Å²) in [5.41, 5.74) is 1.14. The number of alkyl halides is 3. The lowest BCUT2D eigenvalue weighted by Gasteiger charge is -2.06. The van der Waals surface area contributed by atoms with Gasteiger partial charge in [-0.3, -0.25) is 4.79 Å². The van der Waals surface area contributed by atoms with E-state index in [2.05, 4.69) is 5.32 Å². The van der Waals surface area contributed by atoms with Crippen molar-refractivity contribution in [2.24, 2.45) is 17.3 Å². The van der Waals surface area contributed by atoms with E-state index in [0.717, 1.165) is 11.6 Å². The average Bonchev–Trinajstić information content (AvgIpc) is 2.92. The Kier molecular flexibility index (Phi) is 4.30. The Hall–Kier alpha value is -1.49. The highest BCUT2D eigenvalue weighted by Gasteiger charge is 2.61. The molecule has 1 N–H and O–H groups in total. The molecule has 0 aliphatic heterocycles. The number of carbonyl (C=O) groups excluding carboxylic acids is 1. The zero-order valence-electron chi connectivity index (χ0n) is 12.5. The molecule has 2 nitrogen and oxygen atoms in total. The zero-order chi connectivity index (χ0) is 16.7. The van der Waals surface area contributed by atoms with Gasteiger partial charge in [0.2, 0.25) is 5.91 Å². The van der Waals surface area contributed by atoms with Crippen molar-refractivity contribution in [1.82, 2.24) is 0 Å². The molecular formula is C16H17ClF3NO. The van der Waals surface area contributed by atoms with E-state index in [4.69, 9.17) is 11.6 Å². The van der Waals surface area contributed by atoms with Gasteiger partial charge in [0.25, 0.3) is 0 Å². The van der Waals surface area contributed by atoms with E-state index in [9.17, 15) is 18.0 Å². The second-order valence-electron chi connectivity index (χ2n) is 6.19. The number of aryl methyl sites for hydroxylation is 1. The number of carbonyl (C=O) groups is 1. The van der Waals surface area contributed by atoms with E-state index < -0.39 is 28.5 Å². The van der Waals surface area contributed by atoms with Gasteiger partial charge in [0.15, 0.2) is 0 Å². The SMILES string of the molecule is Cc1ccc(NC(=O)[C@@H]2[C@H](/C=C(\Cl)C(F)(F)F)C2(C)C)cc1. The van der Waals surface area contributed by atoms with Crippen molar-refractivity contribution in [3.8, 4) is 0 Å². The van der Waals surface area contributed by atoms with Crippen LogP contribution < -0.4 is 5.32 Å². The number of hydrogen-bond acceptors (Lipinski definition) is 1. The highest BCUT2D eigenvalue weighted by molar-refractivity contribution is 6.30. The Morgan fingerprint density at radius 3 is 2.32 bits per heavy atom. The van der Waals surface area contributed by atoms with Crippen LogP contribution in [0.4, 0.5) is 18.9 Å². The first kappa shape index (κ1) is 16.9. The fourth-order valence-electron chi connectivity index (χ4n) is 2.60. The van der Waals surface area contributed by atoms with Gasteiger partial charge in [-0.2, -0.15) is 13.2 Å². The van der Waals surface area contributed by atoms with Crippen LogP contribution in [0, 0.1) is 24.2 Å². The smallest absolute Gasteiger partial charge is 0.326 e. The van der Waals surface area contributed by atoms with Gasteiger partial charge in [-0.05, 0) is 30.4 Å². The third kappa shape index (κ3) is 3.46. The quantitative estimate of drug-likeness (QED) is 0.839. The van der Waals surface area contributed by atoms with Gasteiger partial charge in [-0.25, -0.2) is 0 Å². The van der Waals surface area contributed by atoms with Crippen molar-refractivity contribution in [2.45, 2.75) is 26.9 Å². The Morgan fingerprint density at radius 2 is 1.82 bits per heavy atom. The lowest BCUT2D eigenvalue weighted by atomic mass is 10.1. The first-order valence-corrected chi connectivity index (χ1v) is 7.23. The summed E-state index contributed by atoms with van der Waals surface area (Å²) in [6, 6.07) is 7.23. The number of benzene rings is 1. The Bertz CT molecular complexity index is 605. The molecule has 1 fully saturated rings. The molecule has 0 saturated heterocycles. The summed E-state index contributed by atoms with van der Waals surface area (Å²) in [5, 5.41) is 1.57. The average molecular weight is 332 g/mol. The summed E-state index contributed by atoms with van der Waals surface area (Å²) in [6.45, 7) is 5.44. The maximum Gasteiger partial charge on any atom is 0.426 e. The molecule has 1 aromatic rings. The van der Waals surface area contributed by atoms with Crippen LogP contribution in [-0.2, 0) is 4.79 Å². The minimum atomic E-state index is -4.57. The molecule has 0 aromatic heterocycles. The summed E-state index contributed by atoms with van der Waals surface area (Å²) >= 11 is 5.27. The van der Waals surface area contributed by atoms with Gasteiger partial charge in [-0.15, -0.1) is 0 Å². The standard InChI is InChI=1S/C16H17ClF3NO/c1-9-4-6-10(7-5-9)21-14(22)13-11(15(13,2)3)8-12(17)16(18,19)20/h4-8,11,13H,1-3H3,(H,21,22)/b12-8-/t11-,13-/m0/s1. The Labute approximate surface area is 132 Å². The van der Waals surface area contributed by atoms with Crippen molar-refractivity contribution in [1.29, 1.82) is 0 Å². The van der Waals surface area contributed by atoms with Crippen molar-refractivity contribution >= 4 is 23.2 Å². The highest BCUT2D eigenvalue weighted by atomic mass is 35.5. The molecule has 2 atom stereocenters. The number of amides is 1. The molecule has 0 bridgehead atoms. The van der Waals surface area contributed by atoms with Crippen LogP contribution in [0.2, 0.25) is 0 Å². The van der Waals surface area contributed by atoms with Crippen LogP contribution in [0.1, 0.15) is 19.4 Å². The maximum atomic E-state index is 12.5. The molecule has 0 heterocycles. The van der Waals surface area contributed by atoms with E-state index in [1.807, 2.05) is 19.1 Å². The van der Waals surface area contributed by atoms with Crippen LogP contribution in [0.5, 0.6) is 0 Å². The van der Waals surface area contributed by atoms with Crippen LogP contribution in [0.25, 0.3) is 0 Å². The highest BCUT2D eigenvalue weighted by Crippen LogP contribution is 2.60. The van der Waals surface area contributed by atoms with Gasteiger partial charge >= 0.3 is 6.18 Å². The van der Waals surface area contributed by atoms with E-state index in [0.29, 0.717) is 5.69 Å². The Balaban J connectivity index is 2.09. The summed E-state index contributed by atoms with van der Waals surface area (Å²) in [7, 11) is 0. The fraction of sp³-hybridized carbons (Fsp3) is 0.438. The number of rotatable bonds is 3. The summed E-state index contributed by atoms with van der Waals surface area (Å²) in [6.07, 6.45) is -3.63. The molecule has 1 aromatic carbocycles. The van der Waals surface area contributed by atoms with Crippen LogP contribution in [0.3, 0.4) is 0 Å². The molecule has 0 spiro atoms. The molecule has 2 rings (SSSR count). The summed E-state index contributed by atoms with van der Waals surface area (Å²) in [4.78, 5) is 12.3. The van der Waals surface area contributed by atoms with Crippen LogP contribution >= 0.6 is 11.6 Å². The molecular weight excluding hydrogens is 315 g/mol. The predicted molar refractivity (Wildman–Crippen MR) is 80.6 cm³/mol. The lowest BCUT2D eigenvalue weighted by Crippen LogP contribution is -2.16. The molecule has 6 heteroatoms. The summed E-state index contributed by atoms with van der Waals surface area (Å²) in [5.74, 6) is -1.33. The minimum absolute atomic E-state index is 0.290. The molecule has 1 saturated carbocycles. The topological polar surface area (TPSA) is 29.1 Å². The third-order valence-corrected chi connectivity index (χ3v) is 4.45. The molecule has 1 amide bonds. The number of anilines is 1. The maximum absolute atomic E-state index is 12.5. The molecule has 0 radical (unpaired) electrons. The van der Waals surface area contributed by atoms with E-state index in [-0.39, 0.29) is 5.91 Å². The second kappa shape index (κ2) is 5.61. The minimum Gasteiger partial charge on any atom is -0.326 e. The van der Waals surface area contributed by atoms with Gasteiger partial charge < -0.3 is 5.32 Å². The lowest BCUT2D eigenvalue weighted by molar-refractivity contribution is -0.118. The van der Waals surface area contributed by atoms with Crippen LogP contribution in [-0.4, -0.2) is 12.1 Å². The predicted octanol–water partition coefficient (Wildman–Crippen LogP) is 4.89. The van der Waals surface area contributed by atoms with Crippen molar-refractivity contribution < 1.29 is 18.0 Å². The van der Waals surface area contributed by atoms with Gasteiger partial charge in [0.1, 0.15) is 5.03 Å². The number of hydrogen-bond donors (Lipinski definition) is 1. The number of nitrogens with one attached hydrogen (secondary N) is 1. The van der Waals surface area contributed by atoms with E-state index in [1.165, 1.54) is 0 Å². The molecule has 22 heavy (non-hydrogen) atoms. The van der Waals surface area contributed by atoms with E-state index in [1.54, 1.807) is 26.0 Å². The zero-order valence-corrected chi connectivity index (χ0v) is 13.2. The molecule has 1 aliphatic carbocycles. The monoisotopic (exact) mass is 331 g/mol.